The lowest BCUT2D eigenvalue weighted by Gasteiger charge is -2.33. The number of hydrogen-bond acceptors (Lipinski definition) is 0. The molecule has 3 rings (SSSR count). The van der Waals surface area contributed by atoms with Crippen molar-refractivity contribution in [2.75, 3.05) is 0 Å². The molecule has 0 unspecified atom stereocenters. The van der Waals surface area contributed by atoms with Crippen LogP contribution in [0.2, 0.25) is 0 Å². The van der Waals surface area contributed by atoms with Crippen molar-refractivity contribution in [1.82, 2.24) is 0 Å². The summed E-state index contributed by atoms with van der Waals surface area (Å²) in [4.78, 5) is 0. The van der Waals surface area contributed by atoms with E-state index in [0.29, 0.717) is 0 Å². The van der Waals surface area contributed by atoms with Gasteiger partial charge < -0.3 is 0 Å². The second-order valence-electron chi connectivity index (χ2n) is 6.96. The van der Waals surface area contributed by atoms with Crippen LogP contribution in [-0.2, 0) is 10.8 Å². The van der Waals surface area contributed by atoms with Gasteiger partial charge in [0.1, 0.15) is 0 Å². The first-order valence-electron chi connectivity index (χ1n) is 7.96. The first kappa shape index (κ1) is 14.8. The first-order chi connectivity index (χ1) is 10.4. The van der Waals surface area contributed by atoms with E-state index in [0.717, 1.165) is 0 Å². The van der Waals surface area contributed by atoms with Gasteiger partial charge in [0.25, 0.3) is 0 Å². The molecular weight excluding hydrogens is 264 g/mol. The molecule has 112 valence electrons. The monoisotopic (exact) mass is 288 g/mol. The summed E-state index contributed by atoms with van der Waals surface area (Å²) in [7, 11) is 0. The first-order valence-corrected chi connectivity index (χ1v) is 7.96. The molecule has 0 amide bonds. The Kier molecular flexibility index (Phi) is 3.56. The molecule has 0 heterocycles. The zero-order valence-electron chi connectivity index (χ0n) is 13.9. The molecule has 1 aliphatic carbocycles. The second kappa shape index (κ2) is 5.28. The van der Waals surface area contributed by atoms with Crippen molar-refractivity contribution in [2.24, 2.45) is 0 Å². The minimum absolute atomic E-state index is 0.0160. The van der Waals surface area contributed by atoms with Gasteiger partial charge in [0.15, 0.2) is 0 Å². The van der Waals surface area contributed by atoms with Crippen molar-refractivity contribution in [1.29, 1.82) is 0 Å². The largest absolute Gasteiger partial charge is 0.0733 e. The van der Waals surface area contributed by atoms with Gasteiger partial charge in [-0.3, -0.25) is 0 Å². The molecule has 0 N–H and O–H groups in total. The molecule has 2 aromatic rings. The zero-order chi connectivity index (χ0) is 15.8. The topological polar surface area (TPSA) is 0 Å². The third-order valence-electron chi connectivity index (χ3n) is 4.90. The van der Waals surface area contributed by atoms with E-state index in [-0.39, 0.29) is 10.8 Å². The van der Waals surface area contributed by atoms with Crippen molar-refractivity contribution in [2.45, 2.75) is 38.5 Å². The number of aryl methyl sites for hydroxylation is 2. The summed E-state index contributed by atoms with van der Waals surface area (Å²) >= 11 is 0. The normalized spacial score (nSPS) is 27.1. The fourth-order valence-corrected chi connectivity index (χ4v) is 3.01. The number of allylic oxidation sites excluding steroid dienone is 4. The summed E-state index contributed by atoms with van der Waals surface area (Å²) in [6.45, 7) is 8.82. The van der Waals surface area contributed by atoms with E-state index in [1.165, 1.54) is 22.3 Å². The Bertz CT molecular complexity index is 634. The van der Waals surface area contributed by atoms with Crippen LogP contribution in [0.3, 0.4) is 0 Å². The van der Waals surface area contributed by atoms with Crippen molar-refractivity contribution in [3.8, 4) is 0 Å². The molecule has 22 heavy (non-hydrogen) atoms. The van der Waals surface area contributed by atoms with Gasteiger partial charge in [0, 0.05) is 10.8 Å². The van der Waals surface area contributed by atoms with Crippen LogP contribution in [0.4, 0.5) is 0 Å². The Labute approximate surface area is 134 Å². The number of benzene rings is 2. The smallest absolute Gasteiger partial charge is 0.0284 e. The Morgan fingerprint density at radius 3 is 1.05 bits per heavy atom. The highest BCUT2D eigenvalue weighted by atomic mass is 14.3. The molecule has 2 aromatic carbocycles. The van der Waals surface area contributed by atoms with Crippen molar-refractivity contribution in [3.05, 3.63) is 95.1 Å². The molecule has 1 aliphatic rings. The van der Waals surface area contributed by atoms with Gasteiger partial charge >= 0.3 is 0 Å². The minimum atomic E-state index is -0.0160. The van der Waals surface area contributed by atoms with Crippen LogP contribution in [0.5, 0.6) is 0 Å². The van der Waals surface area contributed by atoms with E-state index in [9.17, 15) is 0 Å². The van der Waals surface area contributed by atoms with E-state index in [4.69, 9.17) is 0 Å². The van der Waals surface area contributed by atoms with E-state index < -0.39 is 0 Å². The standard InChI is InChI=1S/C22H24/c1-17-5-9-19(10-6-17)21(3)13-15-22(4,16-14-21)20-11-7-18(2)8-12-20/h5-16H,1-4H3. The summed E-state index contributed by atoms with van der Waals surface area (Å²) in [6.07, 6.45) is 9.38. The number of hydrogen-bond donors (Lipinski definition) is 0. The summed E-state index contributed by atoms with van der Waals surface area (Å²) in [5.41, 5.74) is 5.27. The van der Waals surface area contributed by atoms with Crippen molar-refractivity contribution in [3.63, 3.8) is 0 Å². The highest BCUT2D eigenvalue weighted by Crippen LogP contribution is 2.38. The quantitative estimate of drug-likeness (QED) is 0.627. The molecular formula is C22H24. The van der Waals surface area contributed by atoms with Crippen LogP contribution in [-0.4, -0.2) is 0 Å². The third-order valence-corrected chi connectivity index (χ3v) is 4.90. The average molecular weight is 288 g/mol. The molecule has 0 saturated carbocycles. The molecule has 0 heteroatoms. The van der Waals surface area contributed by atoms with Crippen LogP contribution in [0.25, 0.3) is 0 Å². The SMILES string of the molecule is Cc1ccc(C2(C)C=CC(C)(c3ccc(C)cc3)C=C2)cc1. The summed E-state index contributed by atoms with van der Waals surface area (Å²) < 4.78 is 0. The van der Waals surface area contributed by atoms with Crippen LogP contribution >= 0.6 is 0 Å². The van der Waals surface area contributed by atoms with E-state index in [1.807, 2.05) is 0 Å². The molecule has 0 nitrogen and oxygen atoms in total. The lowest BCUT2D eigenvalue weighted by atomic mass is 9.71. The Morgan fingerprint density at radius 1 is 0.500 bits per heavy atom. The van der Waals surface area contributed by atoms with Gasteiger partial charge in [-0.15, -0.1) is 0 Å². The molecule has 0 aliphatic heterocycles. The van der Waals surface area contributed by atoms with Gasteiger partial charge in [-0.2, -0.15) is 0 Å². The van der Waals surface area contributed by atoms with Crippen LogP contribution < -0.4 is 0 Å². The molecule has 0 atom stereocenters. The predicted octanol–water partition coefficient (Wildman–Crippen LogP) is 5.65. The van der Waals surface area contributed by atoms with Crippen molar-refractivity contribution >= 4 is 0 Å². The van der Waals surface area contributed by atoms with Crippen LogP contribution in [0, 0.1) is 13.8 Å². The molecule has 0 radical (unpaired) electrons. The fourth-order valence-electron chi connectivity index (χ4n) is 3.01. The molecule has 0 spiro atoms. The predicted molar refractivity (Wildman–Crippen MR) is 95.3 cm³/mol. The molecule has 0 saturated heterocycles. The summed E-state index contributed by atoms with van der Waals surface area (Å²) in [5, 5.41) is 0. The van der Waals surface area contributed by atoms with Gasteiger partial charge in [-0.05, 0) is 38.8 Å². The fraction of sp³-hybridized carbons (Fsp3) is 0.273. The van der Waals surface area contributed by atoms with Crippen molar-refractivity contribution < 1.29 is 0 Å². The van der Waals surface area contributed by atoms with Gasteiger partial charge in [0.2, 0.25) is 0 Å². The Balaban J connectivity index is 1.92. The maximum atomic E-state index is 2.34. The van der Waals surface area contributed by atoms with Gasteiger partial charge in [-0.25, -0.2) is 0 Å². The molecule has 0 aromatic heterocycles. The summed E-state index contributed by atoms with van der Waals surface area (Å²) in [5.74, 6) is 0. The Morgan fingerprint density at radius 2 is 0.773 bits per heavy atom. The molecule has 0 bridgehead atoms. The third kappa shape index (κ3) is 2.66. The van der Waals surface area contributed by atoms with Crippen LogP contribution in [0.1, 0.15) is 36.1 Å². The molecule has 0 fully saturated rings. The van der Waals surface area contributed by atoms with Gasteiger partial charge in [0.05, 0.1) is 0 Å². The Hall–Kier alpha value is -2.08. The van der Waals surface area contributed by atoms with E-state index in [1.54, 1.807) is 0 Å². The number of rotatable bonds is 2. The second-order valence-corrected chi connectivity index (χ2v) is 6.96. The minimum Gasteiger partial charge on any atom is -0.0733 e. The lowest BCUT2D eigenvalue weighted by molar-refractivity contribution is 0.663. The zero-order valence-corrected chi connectivity index (χ0v) is 13.9. The van der Waals surface area contributed by atoms with Gasteiger partial charge in [-0.1, -0.05) is 84.0 Å². The summed E-state index contributed by atoms with van der Waals surface area (Å²) in [6, 6.07) is 17.7. The highest BCUT2D eigenvalue weighted by Gasteiger charge is 2.29. The average Bonchev–Trinajstić information content (AvgIpc) is 2.52. The lowest BCUT2D eigenvalue weighted by Crippen LogP contribution is -2.26. The maximum absolute atomic E-state index is 2.34. The maximum Gasteiger partial charge on any atom is 0.0284 e. The van der Waals surface area contributed by atoms with Crippen LogP contribution in [0.15, 0.2) is 72.8 Å². The highest BCUT2D eigenvalue weighted by molar-refractivity contribution is 5.47. The van der Waals surface area contributed by atoms with E-state index >= 15 is 0 Å². The van der Waals surface area contributed by atoms with E-state index in [2.05, 4.69) is 101 Å².